The summed E-state index contributed by atoms with van der Waals surface area (Å²) in [6, 6.07) is -1.17. The third-order valence-electron chi connectivity index (χ3n) is 2.79. The lowest BCUT2D eigenvalue weighted by Crippen LogP contribution is -2.49. The van der Waals surface area contributed by atoms with E-state index >= 15 is 0 Å². The average Bonchev–Trinajstić information content (AvgIpc) is 3.11. The van der Waals surface area contributed by atoms with Gasteiger partial charge < -0.3 is 15.4 Å². The lowest BCUT2D eigenvalue weighted by atomic mass is 10.2. The number of ether oxygens (including phenoxy) is 1. The van der Waals surface area contributed by atoms with Gasteiger partial charge in [0.2, 0.25) is 0 Å². The van der Waals surface area contributed by atoms with Crippen LogP contribution in [0.25, 0.3) is 0 Å². The highest BCUT2D eigenvalue weighted by Gasteiger charge is 2.32. The third-order valence-corrected chi connectivity index (χ3v) is 2.79. The fourth-order valence-electron chi connectivity index (χ4n) is 1.70. The van der Waals surface area contributed by atoms with E-state index in [0.29, 0.717) is 12.5 Å². The zero-order chi connectivity index (χ0) is 12.8. The predicted octanol–water partition coefficient (Wildman–Crippen LogP) is 0.525. The molecule has 0 aliphatic heterocycles. The normalized spacial score (nSPS) is 16.4. The summed E-state index contributed by atoms with van der Waals surface area (Å²) in [5, 5.41) is 0. The summed E-state index contributed by atoms with van der Waals surface area (Å²) in [4.78, 5) is 25.1. The number of carbonyl (C=O) groups is 2. The quantitative estimate of drug-likeness (QED) is 0.522. The van der Waals surface area contributed by atoms with Crippen LogP contribution in [-0.4, -0.2) is 42.5 Å². The maximum Gasteiger partial charge on any atom is 0.332 e. The van der Waals surface area contributed by atoms with E-state index in [4.69, 9.17) is 10.5 Å². The van der Waals surface area contributed by atoms with Crippen LogP contribution in [0.2, 0.25) is 0 Å². The van der Waals surface area contributed by atoms with Gasteiger partial charge in [-0.2, -0.15) is 0 Å². The van der Waals surface area contributed by atoms with Crippen molar-refractivity contribution in [3.63, 3.8) is 0 Å². The highest BCUT2D eigenvalue weighted by atomic mass is 16.5. The second-order valence-corrected chi connectivity index (χ2v) is 4.46. The van der Waals surface area contributed by atoms with Gasteiger partial charge in [-0.3, -0.25) is 4.79 Å². The molecule has 0 bridgehead atoms. The molecule has 0 aromatic heterocycles. The second kappa shape index (κ2) is 6.59. The largest absolute Gasteiger partial charge is 0.464 e. The van der Waals surface area contributed by atoms with Crippen LogP contribution in [0, 0.1) is 5.92 Å². The zero-order valence-corrected chi connectivity index (χ0v) is 10.6. The highest BCUT2D eigenvalue weighted by molar-refractivity contribution is 6.01. The first-order valence-electron chi connectivity index (χ1n) is 6.31. The molecule has 0 saturated heterocycles. The van der Waals surface area contributed by atoms with Crippen molar-refractivity contribution in [2.45, 2.75) is 39.2 Å². The summed E-state index contributed by atoms with van der Waals surface area (Å²) < 4.78 is 4.76. The molecule has 0 aromatic rings. The van der Waals surface area contributed by atoms with Gasteiger partial charge in [-0.15, -0.1) is 0 Å². The van der Waals surface area contributed by atoms with Crippen molar-refractivity contribution in [2.75, 3.05) is 19.7 Å². The van der Waals surface area contributed by atoms with Crippen molar-refractivity contribution in [1.82, 2.24) is 4.90 Å². The topological polar surface area (TPSA) is 72.6 Å². The van der Waals surface area contributed by atoms with E-state index in [9.17, 15) is 9.59 Å². The predicted molar refractivity (Wildman–Crippen MR) is 64.2 cm³/mol. The number of nitrogens with two attached hydrogens (primary N) is 1. The molecule has 5 heteroatoms. The Bertz CT molecular complexity index is 277. The van der Waals surface area contributed by atoms with Gasteiger partial charge in [0.25, 0.3) is 5.91 Å². The van der Waals surface area contributed by atoms with Gasteiger partial charge in [0.05, 0.1) is 6.61 Å². The van der Waals surface area contributed by atoms with E-state index in [2.05, 4.69) is 0 Å². The monoisotopic (exact) mass is 242 g/mol. The molecular weight excluding hydrogens is 220 g/mol. The van der Waals surface area contributed by atoms with Crippen molar-refractivity contribution in [3.05, 3.63) is 0 Å². The van der Waals surface area contributed by atoms with E-state index in [-0.39, 0.29) is 12.5 Å². The fraction of sp³-hybridized carbons (Fsp3) is 0.833. The van der Waals surface area contributed by atoms with Gasteiger partial charge in [0.1, 0.15) is 0 Å². The summed E-state index contributed by atoms with van der Waals surface area (Å²) in [7, 11) is 0. The summed E-state index contributed by atoms with van der Waals surface area (Å²) in [6.45, 7) is 5.32. The van der Waals surface area contributed by atoms with Crippen LogP contribution < -0.4 is 5.73 Å². The molecule has 1 amide bonds. The summed E-state index contributed by atoms with van der Waals surface area (Å²) in [5.74, 6) is -0.341. The maximum absolute atomic E-state index is 12.0. The van der Waals surface area contributed by atoms with Crippen LogP contribution in [-0.2, 0) is 14.3 Å². The molecule has 1 unspecified atom stereocenters. The number of carbonyl (C=O) groups excluding carboxylic acids is 2. The first-order valence-corrected chi connectivity index (χ1v) is 6.31. The van der Waals surface area contributed by atoms with Crippen LogP contribution in [0.3, 0.4) is 0 Å². The van der Waals surface area contributed by atoms with E-state index in [0.717, 1.165) is 13.0 Å². The molecule has 0 spiro atoms. The van der Waals surface area contributed by atoms with Gasteiger partial charge in [-0.25, -0.2) is 4.79 Å². The maximum atomic E-state index is 12.0. The second-order valence-electron chi connectivity index (χ2n) is 4.46. The molecule has 5 nitrogen and oxygen atoms in total. The lowest BCUT2D eigenvalue weighted by Gasteiger charge is -2.24. The van der Waals surface area contributed by atoms with E-state index in [1.165, 1.54) is 12.8 Å². The van der Waals surface area contributed by atoms with Gasteiger partial charge in [0.15, 0.2) is 6.04 Å². The van der Waals surface area contributed by atoms with Crippen LogP contribution in [0.4, 0.5) is 0 Å². The number of hydrogen-bond acceptors (Lipinski definition) is 4. The number of nitrogens with zero attached hydrogens (tertiary/aromatic N) is 1. The minimum Gasteiger partial charge on any atom is -0.464 e. The highest BCUT2D eigenvalue weighted by Crippen LogP contribution is 2.29. The van der Waals surface area contributed by atoms with Gasteiger partial charge >= 0.3 is 5.97 Å². The van der Waals surface area contributed by atoms with Crippen LogP contribution >= 0.6 is 0 Å². The average molecular weight is 242 g/mol. The SMILES string of the molecule is CCCN(CC1CC1)C(=O)C(N)C(=O)OCC. The van der Waals surface area contributed by atoms with E-state index in [1.54, 1.807) is 11.8 Å². The number of esters is 1. The Morgan fingerprint density at radius 1 is 1.41 bits per heavy atom. The van der Waals surface area contributed by atoms with Gasteiger partial charge in [-0.1, -0.05) is 6.92 Å². The molecular formula is C12H22N2O3. The first kappa shape index (κ1) is 14.0. The molecule has 1 aliphatic carbocycles. The smallest absolute Gasteiger partial charge is 0.332 e. The van der Waals surface area contributed by atoms with Crippen LogP contribution in [0.15, 0.2) is 0 Å². The van der Waals surface area contributed by atoms with Crippen LogP contribution in [0.1, 0.15) is 33.1 Å². The number of rotatable bonds is 7. The molecule has 0 heterocycles. The fourth-order valence-corrected chi connectivity index (χ4v) is 1.70. The van der Waals surface area contributed by atoms with E-state index < -0.39 is 12.0 Å². The molecule has 1 rings (SSSR count). The molecule has 2 N–H and O–H groups in total. The van der Waals surface area contributed by atoms with Gasteiger partial charge in [-0.05, 0) is 32.1 Å². The molecule has 1 fully saturated rings. The Balaban J connectivity index is 2.52. The summed E-state index contributed by atoms with van der Waals surface area (Å²) in [5.41, 5.74) is 5.61. The summed E-state index contributed by atoms with van der Waals surface area (Å²) in [6.07, 6.45) is 3.21. The molecule has 98 valence electrons. The summed E-state index contributed by atoms with van der Waals surface area (Å²) >= 11 is 0. The molecule has 0 aromatic carbocycles. The standard InChI is InChI=1S/C12H22N2O3/c1-3-7-14(8-9-5-6-9)11(15)10(13)12(16)17-4-2/h9-10H,3-8,13H2,1-2H3. The molecule has 17 heavy (non-hydrogen) atoms. The molecule has 1 atom stereocenters. The number of hydrogen-bond donors (Lipinski definition) is 1. The van der Waals surface area contributed by atoms with Crippen molar-refractivity contribution >= 4 is 11.9 Å². The minimum absolute atomic E-state index is 0.246. The minimum atomic E-state index is -1.17. The molecule has 1 saturated carbocycles. The van der Waals surface area contributed by atoms with Crippen LogP contribution in [0.5, 0.6) is 0 Å². The van der Waals surface area contributed by atoms with Crippen molar-refractivity contribution < 1.29 is 14.3 Å². The third kappa shape index (κ3) is 4.34. The number of amides is 1. The Hall–Kier alpha value is -1.10. The van der Waals surface area contributed by atoms with Crippen molar-refractivity contribution in [2.24, 2.45) is 11.7 Å². The van der Waals surface area contributed by atoms with Crippen molar-refractivity contribution in [3.8, 4) is 0 Å². The van der Waals surface area contributed by atoms with Crippen molar-refractivity contribution in [1.29, 1.82) is 0 Å². The lowest BCUT2D eigenvalue weighted by molar-refractivity contribution is -0.151. The molecule has 0 radical (unpaired) electrons. The Labute approximate surface area is 102 Å². The van der Waals surface area contributed by atoms with Gasteiger partial charge in [0, 0.05) is 13.1 Å². The molecule has 1 aliphatic rings. The Morgan fingerprint density at radius 2 is 2.06 bits per heavy atom. The first-order chi connectivity index (χ1) is 8.10. The Kier molecular flexibility index (Phi) is 5.41. The Morgan fingerprint density at radius 3 is 2.53 bits per heavy atom. The van der Waals surface area contributed by atoms with E-state index in [1.807, 2.05) is 6.92 Å². The zero-order valence-electron chi connectivity index (χ0n) is 10.6.